The van der Waals surface area contributed by atoms with E-state index in [4.69, 9.17) is 20.4 Å². The van der Waals surface area contributed by atoms with Gasteiger partial charge in [0.2, 0.25) is 0 Å². The summed E-state index contributed by atoms with van der Waals surface area (Å²) in [5.41, 5.74) is 0. The van der Waals surface area contributed by atoms with Gasteiger partial charge in [-0.2, -0.15) is 0 Å². The minimum absolute atomic E-state index is 0.588. The molecule has 6 heteroatoms. The monoisotopic (exact) mass is 179 g/mol. The van der Waals surface area contributed by atoms with Crippen LogP contribution < -0.4 is 0 Å². The Morgan fingerprint density at radius 1 is 1.17 bits per heavy atom. The third-order valence-electron chi connectivity index (χ3n) is 1.84. The molecule has 5 unspecified atom stereocenters. The van der Waals surface area contributed by atoms with Crippen LogP contribution in [0.25, 0.3) is 0 Å². The first kappa shape index (κ1) is 9.85. The van der Waals surface area contributed by atoms with Gasteiger partial charge in [0.15, 0.2) is 6.29 Å². The predicted molar refractivity (Wildman–Crippen MR) is 34.5 cm³/mol. The van der Waals surface area contributed by atoms with E-state index < -0.39 is 37.3 Å². The van der Waals surface area contributed by atoms with E-state index in [0.717, 1.165) is 0 Å². The maximum atomic E-state index is 11.0. The lowest BCUT2D eigenvalue weighted by molar-refractivity contribution is -0.295. The van der Waals surface area contributed by atoms with Crippen LogP contribution in [0.15, 0.2) is 0 Å². The molecule has 4 N–H and O–H groups in total. The summed E-state index contributed by atoms with van der Waals surface area (Å²) in [6.07, 6.45) is -7.62. The minimum atomic E-state index is -1.63. The van der Waals surface area contributed by atoms with E-state index in [0.29, 0.717) is 0 Å². The number of aliphatic hydroxyl groups is 4. The standard InChI is InChI=1S/C6H11O6/c7-1-2-3(8)4(9)5(10)6(11)12-2/h2-7,9-11H,1H2. The fraction of sp³-hybridized carbons (Fsp3) is 1.00. The van der Waals surface area contributed by atoms with Crippen molar-refractivity contribution in [2.45, 2.75) is 30.7 Å². The average molecular weight is 179 g/mol. The van der Waals surface area contributed by atoms with Crippen LogP contribution in [0.4, 0.5) is 0 Å². The number of hydrogen-bond acceptors (Lipinski definition) is 5. The third-order valence-corrected chi connectivity index (χ3v) is 1.84. The second kappa shape index (κ2) is 3.65. The van der Waals surface area contributed by atoms with Gasteiger partial charge in [0.05, 0.1) is 6.61 Å². The zero-order chi connectivity index (χ0) is 9.30. The molecule has 0 spiro atoms. The second-order valence-corrected chi connectivity index (χ2v) is 2.69. The van der Waals surface area contributed by atoms with Gasteiger partial charge in [-0.05, 0) is 0 Å². The van der Waals surface area contributed by atoms with E-state index in [1.54, 1.807) is 0 Å². The van der Waals surface area contributed by atoms with Gasteiger partial charge in [-0.1, -0.05) is 0 Å². The van der Waals surface area contributed by atoms with Gasteiger partial charge >= 0.3 is 0 Å². The number of rotatable bonds is 1. The Bertz CT molecular complexity index is 146. The SMILES string of the molecule is [O]C1C(CO)OC(O)C(O)C1O. The Kier molecular flexibility index (Phi) is 2.99. The fourth-order valence-corrected chi connectivity index (χ4v) is 1.07. The normalized spacial score (nSPS) is 49.2. The lowest BCUT2D eigenvalue weighted by Crippen LogP contribution is -2.57. The van der Waals surface area contributed by atoms with Gasteiger partial charge in [-0.15, -0.1) is 0 Å². The highest BCUT2D eigenvalue weighted by Gasteiger charge is 2.43. The van der Waals surface area contributed by atoms with E-state index in [1.165, 1.54) is 0 Å². The molecule has 1 fully saturated rings. The molecule has 0 aliphatic carbocycles. The summed E-state index contributed by atoms with van der Waals surface area (Å²) in [7, 11) is 0. The summed E-state index contributed by atoms with van der Waals surface area (Å²) in [4.78, 5) is 0. The summed E-state index contributed by atoms with van der Waals surface area (Å²) >= 11 is 0. The highest BCUT2D eigenvalue weighted by Crippen LogP contribution is 2.19. The smallest absolute Gasteiger partial charge is 0.184 e. The van der Waals surface area contributed by atoms with E-state index in [-0.39, 0.29) is 0 Å². The molecule has 0 aromatic heterocycles. The van der Waals surface area contributed by atoms with E-state index in [9.17, 15) is 5.11 Å². The van der Waals surface area contributed by atoms with Crippen molar-refractivity contribution in [3.8, 4) is 0 Å². The molecule has 5 atom stereocenters. The average Bonchev–Trinajstić information content (AvgIpc) is 2.08. The van der Waals surface area contributed by atoms with Crippen LogP contribution in [-0.4, -0.2) is 57.7 Å². The van der Waals surface area contributed by atoms with Gasteiger partial charge < -0.3 is 25.2 Å². The van der Waals surface area contributed by atoms with Crippen molar-refractivity contribution in [2.75, 3.05) is 6.61 Å². The van der Waals surface area contributed by atoms with Gasteiger partial charge in [0.1, 0.15) is 24.4 Å². The topological polar surface area (TPSA) is 110 Å². The van der Waals surface area contributed by atoms with Crippen molar-refractivity contribution < 1.29 is 30.3 Å². The summed E-state index contributed by atoms with van der Waals surface area (Å²) < 4.78 is 4.51. The van der Waals surface area contributed by atoms with Crippen LogP contribution >= 0.6 is 0 Å². The summed E-state index contributed by atoms with van der Waals surface area (Å²) in [6, 6.07) is 0. The maximum absolute atomic E-state index is 11.0. The predicted octanol–water partition coefficient (Wildman–Crippen LogP) is -2.78. The molecule has 0 amide bonds. The van der Waals surface area contributed by atoms with Crippen molar-refractivity contribution in [3.05, 3.63) is 0 Å². The lowest BCUT2D eigenvalue weighted by Gasteiger charge is -2.36. The Balaban J connectivity index is 2.63. The third kappa shape index (κ3) is 1.58. The van der Waals surface area contributed by atoms with Crippen molar-refractivity contribution in [1.82, 2.24) is 0 Å². The lowest BCUT2D eigenvalue weighted by atomic mass is 10.00. The molecular weight excluding hydrogens is 168 g/mol. The molecule has 1 rings (SSSR count). The maximum Gasteiger partial charge on any atom is 0.184 e. The molecule has 1 saturated heterocycles. The Morgan fingerprint density at radius 2 is 1.75 bits per heavy atom. The molecule has 1 radical (unpaired) electrons. The van der Waals surface area contributed by atoms with Gasteiger partial charge in [0.25, 0.3) is 0 Å². The Hall–Kier alpha value is -0.240. The van der Waals surface area contributed by atoms with Crippen molar-refractivity contribution in [3.63, 3.8) is 0 Å². The van der Waals surface area contributed by atoms with Gasteiger partial charge in [-0.25, -0.2) is 5.11 Å². The summed E-state index contributed by atoms with van der Waals surface area (Å²) in [5.74, 6) is 0. The summed E-state index contributed by atoms with van der Waals surface area (Å²) in [6.45, 7) is -0.588. The van der Waals surface area contributed by atoms with Crippen LogP contribution in [-0.2, 0) is 9.84 Å². The molecule has 0 saturated carbocycles. The first-order valence-corrected chi connectivity index (χ1v) is 3.54. The number of aliphatic hydroxyl groups excluding tert-OH is 4. The fourth-order valence-electron chi connectivity index (χ4n) is 1.07. The Labute approximate surface area is 68.6 Å². The van der Waals surface area contributed by atoms with Crippen molar-refractivity contribution >= 4 is 0 Å². The molecule has 1 heterocycles. The minimum Gasteiger partial charge on any atom is -0.394 e. The zero-order valence-electron chi connectivity index (χ0n) is 6.20. The number of ether oxygens (including phenoxy) is 1. The van der Waals surface area contributed by atoms with E-state index in [1.807, 2.05) is 0 Å². The molecule has 0 bridgehead atoms. The second-order valence-electron chi connectivity index (χ2n) is 2.69. The van der Waals surface area contributed by atoms with Crippen LogP contribution in [0.5, 0.6) is 0 Å². The van der Waals surface area contributed by atoms with Crippen LogP contribution in [0.3, 0.4) is 0 Å². The first-order chi connectivity index (χ1) is 5.57. The van der Waals surface area contributed by atoms with Crippen LogP contribution in [0.2, 0.25) is 0 Å². The molecule has 6 nitrogen and oxygen atoms in total. The largest absolute Gasteiger partial charge is 0.394 e. The molecule has 12 heavy (non-hydrogen) atoms. The van der Waals surface area contributed by atoms with Gasteiger partial charge in [-0.3, -0.25) is 0 Å². The molecular formula is C6H11O6. The van der Waals surface area contributed by atoms with Gasteiger partial charge in [0, 0.05) is 0 Å². The van der Waals surface area contributed by atoms with Crippen LogP contribution in [0, 0.1) is 0 Å². The first-order valence-electron chi connectivity index (χ1n) is 3.54. The Morgan fingerprint density at radius 3 is 2.25 bits per heavy atom. The zero-order valence-corrected chi connectivity index (χ0v) is 6.20. The highest BCUT2D eigenvalue weighted by atomic mass is 16.6. The van der Waals surface area contributed by atoms with Crippen LogP contribution in [0.1, 0.15) is 0 Å². The quantitative estimate of drug-likeness (QED) is 0.348. The number of hydrogen-bond donors (Lipinski definition) is 4. The summed E-state index contributed by atoms with van der Waals surface area (Å²) in [5, 5.41) is 46.4. The highest BCUT2D eigenvalue weighted by molar-refractivity contribution is 4.87. The van der Waals surface area contributed by atoms with E-state index >= 15 is 0 Å². The molecule has 1 aliphatic rings. The molecule has 1 aliphatic heterocycles. The molecule has 0 aromatic carbocycles. The molecule has 0 aromatic rings. The van der Waals surface area contributed by atoms with Crippen molar-refractivity contribution in [2.24, 2.45) is 0 Å². The molecule has 71 valence electrons. The van der Waals surface area contributed by atoms with Crippen molar-refractivity contribution in [1.29, 1.82) is 0 Å². The van der Waals surface area contributed by atoms with E-state index in [2.05, 4.69) is 4.74 Å².